The lowest BCUT2D eigenvalue weighted by Gasteiger charge is -2.13. The molecule has 2 rings (SSSR count). The van der Waals surface area contributed by atoms with Gasteiger partial charge >= 0.3 is 0 Å². The third kappa shape index (κ3) is 2.07. The molecule has 1 atom stereocenters. The minimum atomic E-state index is -0.000460. The summed E-state index contributed by atoms with van der Waals surface area (Å²) in [6.45, 7) is 3.95. The molecule has 1 aliphatic heterocycles. The van der Waals surface area contributed by atoms with Gasteiger partial charge in [0.15, 0.2) is 0 Å². The van der Waals surface area contributed by atoms with Gasteiger partial charge in [-0.25, -0.2) is 0 Å². The van der Waals surface area contributed by atoms with Crippen LogP contribution in [0.15, 0.2) is 12.1 Å². The van der Waals surface area contributed by atoms with Crippen molar-refractivity contribution in [1.82, 2.24) is 0 Å². The minimum absolute atomic E-state index is 0.000460. The van der Waals surface area contributed by atoms with Crippen molar-refractivity contribution >= 4 is 28.9 Å². The fraction of sp³-hybridized carbons (Fsp3) is 0.364. The second-order valence-corrected chi connectivity index (χ2v) is 4.37. The van der Waals surface area contributed by atoms with E-state index in [-0.39, 0.29) is 11.9 Å². The number of amides is 1. The molecule has 80 valence electrons. The largest absolute Gasteiger partial charge is 0.380 e. The molecule has 1 aromatic rings. The van der Waals surface area contributed by atoms with Gasteiger partial charge in [0.25, 0.3) is 0 Å². The van der Waals surface area contributed by atoms with Crippen molar-refractivity contribution in [1.29, 1.82) is 0 Å². The number of hydrogen-bond acceptors (Lipinski definition) is 2. The van der Waals surface area contributed by atoms with Crippen LogP contribution in [-0.2, 0) is 4.79 Å². The van der Waals surface area contributed by atoms with Crippen molar-refractivity contribution in [2.24, 2.45) is 0 Å². The van der Waals surface area contributed by atoms with E-state index in [9.17, 15) is 4.79 Å². The van der Waals surface area contributed by atoms with Crippen LogP contribution in [0.4, 0.5) is 11.4 Å². The highest BCUT2D eigenvalue weighted by Gasteiger charge is 2.19. The van der Waals surface area contributed by atoms with E-state index in [2.05, 4.69) is 10.6 Å². The highest BCUT2D eigenvalue weighted by Crippen LogP contribution is 2.34. The average molecular weight is 225 g/mol. The maximum atomic E-state index is 11.5. The Bertz CT molecular complexity index is 417. The van der Waals surface area contributed by atoms with Crippen LogP contribution in [0.5, 0.6) is 0 Å². The van der Waals surface area contributed by atoms with Crippen molar-refractivity contribution in [3.63, 3.8) is 0 Å². The Labute approximate surface area is 93.8 Å². The van der Waals surface area contributed by atoms with Crippen LogP contribution in [0.1, 0.15) is 18.9 Å². The summed E-state index contributed by atoms with van der Waals surface area (Å²) in [5.74, 6) is -0.000460. The van der Waals surface area contributed by atoms with Crippen LogP contribution in [0.3, 0.4) is 0 Å². The Morgan fingerprint density at radius 3 is 2.93 bits per heavy atom. The van der Waals surface area contributed by atoms with Crippen molar-refractivity contribution < 1.29 is 4.79 Å². The van der Waals surface area contributed by atoms with E-state index in [0.29, 0.717) is 17.1 Å². The summed E-state index contributed by atoms with van der Waals surface area (Å²) < 4.78 is 0. The summed E-state index contributed by atoms with van der Waals surface area (Å²) >= 11 is 6.08. The molecule has 4 heteroatoms. The molecular weight excluding hydrogens is 212 g/mol. The van der Waals surface area contributed by atoms with Crippen molar-refractivity contribution in [2.75, 3.05) is 10.6 Å². The zero-order valence-electron chi connectivity index (χ0n) is 8.73. The second kappa shape index (κ2) is 3.74. The summed E-state index contributed by atoms with van der Waals surface area (Å²) in [7, 11) is 0. The Morgan fingerprint density at radius 2 is 2.20 bits per heavy atom. The fourth-order valence-corrected chi connectivity index (χ4v) is 2.09. The lowest BCUT2D eigenvalue weighted by Crippen LogP contribution is -2.18. The lowest BCUT2D eigenvalue weighted by atomic mass is 10.2. The van der Waals surface area contributed by atoms with Crippen LogP contribution in [0.25, 0.3) is 0 Å². The molecule has 1 unspecified atom stereocenters. The number of rotatable bonds is 0. The molecule has 15 heavy (non-hydrogen) atoms. The van der Waals surface area contributed by atoms with E-state index < -0.39 is 0 Å². The summed E-state index contributed by atoms with van der Waals surface area (Å²) in [6.07, 6.45) is 0.462. The van der Waals surface area contributed by atoms with Gasteiger partial charge in [0.05, 0.1) is 16.4 Å². The van der Waals surface area contributed by atoms with E-state index in [1.54, 1.807) is 0 Å². The molecule has 0 fully saturated rings. The average Bonchev–Trinajstić information content (AvgIpc) is 2.22. The Kier molecular flexibility index (Phi) is 2.57. The number of carbonyl (C=O) groups is 1. The van der Waals surface area contributed by atoms with Gasteiger partial charge in [-0.05, 0) is 31.5 Å². The predicted molar refractivity (Wildman–Crippen MR) is 62.5 cm³/mol. The quantitative estimate of drug-likeness (QED) is 0.712. The number of fused-ring (bicyclic) bond motifs is 1. The van der Waals surface area contributed by atoms with Crippen molar-refractivity contribution in [3.05, 3.63) is 22.7 Å². The minimum Gasteiger partial charge on any atom is -0.380 e. The molecule has 1 aromatic carbocycles. The van der Waals surface area contributed by atoms with Gasteiger partial charge in [-0.3, -0.25) is 4.79 Å². The molecule has 0 aliphatic carbocycles. The molecule has 0 aromatic heterocycles. The molecule has 1 amide bonds. The van der Waals surface area contributed by atoms with E-state index in [0.717, 1.165) is 11.3 Å². The molecule has 2 N–H and O–H groups in total. The predicted octanol–water partition coefficient (Wildman–Crippen LogP) is 2.79. The number of anilines is 2. The SMILES string of the molecule is Cc1cc(Cl)c2c(c1)NC(C)CC(=O)N2. The second-order valence-electron chi connectivity index (χ2n) is 3.97. The maximum absolute atomic E-state index is 11.5. The lowest BCUT2D eigenvalue weighted by molar-refractivity contribution is -0.116. The Morgan fingerprint density at radius 1 is 1.47 bits per heavy atom. The van der Waals surface area contributed by atoms with Crippen LogP contribution in [0.2, 0.25) is 5.02 Å². The van der Waals surface area contributed by atoms with Crippen molar-refractivity contribution in [3.8, 4) is 0 Å². The zero-order valence-corrected chi connectivity index (χ0v) is 9.48. The van der Waals surface area contributed by atoms with Gasteiger partial charge < -0.3 is 10.6 Å². The topological polar surface area (TPSA) is 41.1 Å². The monoisotopic (exact) mass is 224 g/mol. The normalized spacial score (nSPS) is 19.9. The van der Waals surface area contributed by atoms with Gasteiger partial charge in [0, 0.05) is 12.5 Å². The summed E-state index contributed by atoms with van der Waals surface area (Å²) in [4.78, 5) is 11.5. The molecule has 0 bridgehead atoms. The molecule has 1 heterocycles. The smallest absolute Gasteiger partial charge is 0.226 e. The first kappa shape index (κ1) is 10.3. The van der Waals surface area contributed by atoms with E-state index in [1.165, 1.54) is 0 Å². The first-order valence-electron chi connectivity index (χ1n) is 4.93. The molecule has 0 radical (unpaired) electrons. The third-order valence-corrected chi connectivity index (χ3v) is 2.69. The molecule has 0 spiro atoms. The van der Waals surface area contributed by atoms with Gasteiger partial charge in [0.1, 0.15) is 0 Å². The fourth-order valence-electron chi connectivity index (χ4n) is 1.77. The standard InChI is InChI=1S/C11H13ClN2O/c1-6-3-8(12)11-9(4-6)13-7(2)5-10(15)14-11/h3-4,7,13H,5H2,1-2H3,(H,14,15). The number of hydrogen-bond donors (Lipinski definition) is 2. The summed E-state index contributed by atoms with van der Waals surface area (Å²) in [5.41, 5.74) is 2.67. The number of benzene rings is 1. The molecule has 0 saturated carbocycles. The Balaban J connectivity index is 2.50. The highest BCUT2D eigenvalue weighted by molar-refractivity contribution is 6.34. The first-order valence-corrected chi connectivity index (χ1v) is 5.30. The van der Waals surface area contributed by atoms with E-state index in [4.69, 9.17) is 11.6 Å². The molecule has 3 nitrogen and oxygen atoms in total. The highest BCUT2D eigenvalue weighted by atomic mass is 35.5. The van der Waals surface area contributed by atoms with Crippen LogP contribution >= 0.6 is 11.6 Å². The number of nitrogens with one attached hydrogen (secondary N) is 2. The van der Waals surface area contributed by atoms with E-state index in [1.807, 2.05) is 26.0 Å². The van der Waals surface area contributed by atoms with Crippen LogP contribution in [-0.4, -0.2) is 11.9 Å². The molecule has 0 saturated heterocycles. The third-order valence-electron chi connectivity index (χ3n) is 2.39. The molecule has 1 aliphatic rings. The van der Waals surface area contributed by atoms with E-state index >= 15 is 0 Å². The Hall–Kier alpha value is -1.22. The van der Waals surface area contributed by atoms with Crippen LogP contribution in [0, 0.1) is 6.92 Å². The number of aryl methyl sites for hydroxylation is 1. The first-order chi connectivity index (χ1) is 7.06. The van der Waals surface area contributed by atoms with Gasteiger partial charge in [-0.2, -0.15) is 0 Å². The van der Waals surface area contributed by atoms with Crippen LogP contribution < -0.4 is 10.6 Å². The summed E-state index contributed by atoms with van der Waals surface area (Å²) in [6, 6.07) is 3.96. The summed E-state index contributed by atoms with van der Waals surface area (Å²) in [5, 5.41) is 6.66. The molecular formula is C11H13ClN2O. The maximum Gasteiger partial charge on any atom is 0.226 e. The number of carbonyl (C=O) groups excluding carboxylic acids is 1. The van der Waals surface area contributed by atoms with Gasteiger partial charge in [-0.15, -0.1) is 0 Å². The van der Waals surface area contributed by atoms with Gasteiger partial charge in [-0.1, -0.05) is 11.6 Å². The van der Waals surface area contributed by atoms with Crippen molar-refractivity contribution in [2.45, 2.75) is 26.3 Å². The number of halogens is 1. The zero-order chi connectivity index (χ0) is 11.0. The van der Waals surface area contributed by atoms with Gasteiger partial charge in [0.2, 0.25) is 5.91 Å².